The van der Waals surface area contributed by atoms with Gasteiger partial charge in [-0.25, -0.2) is 0 Å². The summed E-state index contributed by atoms with van der Waals surface area (Å²) in [4.78, 5) is 0. The Kier molecular flexibility index (Phi) is 4.85. The third-order valence-electron chi connectivity index (χ3n) is 2.04. The molecule has 1 nitrogen and oxygen atoms in total. The number of halogens is 2. The molecule has 0 aromatic heterocycles. The lowest BCUT2D eigenvalue weighted by Gasteiger charge is -2.13. The van der Waals surface area contributed by atoms with E-state index >= 15 is 0 Å². The van der Waals surface area contributed by atoms with E-state index in [4.69, 9.17) is 5.73 Å². The Hall–Kier alpha value is -0.120. The quantitative estimate of drug-likeness (QED) is 0.828. The average molecular weight is 319 g/mol. The van der Waals surface area contributed by atoms with Gasteiger partial charge in [-0.3, -0.25) is 0 Å². The summed E-state index contributed by atoms with van der Waals surface area (Å²) in [5.41, 5.74) is 7.19. The molecule has 1 aromatic rings. The second-order valence-corrected chi connectivity index (χ2v) is 4.91. The van der Waals surface area contributed by atoms with E-state index in [2.05, 4.69) is 44.5 Å². The van der Waals surface area contributed by atoms with Crippen molar-refractivity contribution in [2.45, 2.75) is 18.9 Å². The standard InChI is InChI=1S/C11H13Br2N/c1-2-3-4-11(14)9-7-8(12)5-6-10(9)13/h2,5-7,11H,1,3-4,14H2/t11-/m0/s1. The topological polar surface area (TPSA) is 26.0 Å². The number of rotatable bonds is 4. The monoisotopic (exact) mass is 317 g/mol. The van der Waals surface area contributed by atoms with Crippen molar-refractivity contribution < 1.29 is 0 Å². The third kappa shape index (κ3) is 3.23. The van der Waals surface area contributed by atoms with E-state index in [1.165, 1.54) is 0 Å². The van der Waals surface area contributed by atoms with E-state index in [0.29, 0.717) is 0 Å². The van der Waals surface area contributed by atoms with Crippen molar-refractivity contribution in [1.82, 2.24) is 0 Å². The molecule has 3 heteroatoms. The van der Waals surface area contributed by atoms with Gasteiger partial charge in [-0.05, 0) is 36.6 Å². The van der Waals surface area contributed by atoms with Gasteiger partial charge in [-0.2, -0.15) is 0 Å². The molecule has 0 aliphatic carbocycles. The highest BCUT2D eigenvalue weighted by Gasteiger charge is 2.09. The van der Waals surface area contributed by atoms with Crippen molar-refractivity contribution in [3.63, 3.8) is 0 Å². The van der Waals surface area contributed by atoms with Gasteiger partial charge in [0.25, 0.3) is 0 Å². The number of nitrogens with two attached hydrogens (primary N) is 1. The first kappa shape index (κ1) is 12.0. The van der Waals surface area contributed by atoms with E-state index in [1.807, 2.05) is 18.2 Å². The lowest BCUT2D eigenvalue weighted by molar-refractivity contribution is 0.658. The van der Waals surface area contributed by atoms with Crippen LogP contribution in [0.4, 0.5) is 0 Å². The van der Waals surface area contributed by atoms with Gasteiger partial charge in [0.05, 0.1) is 0 Å². The smallest absolute Gasteiger partial charge is 0.0309 e. The normalized spacial score (nSPS) is 12.5. The van der Waals surface area contributed by atoms with Gasteiger partial charge in [0.15, 0.2) is 0 Å². The lowest BCUT2D eigenvalue weighted by Crippen LogP contribution is -2.10. The Labute approximate surface area is 102 Å². The molecule has 0 bridgehead atoms. The van der Waals surface area contributed by atoms with Crippen molar-refractivity contribution >= 4 is 31.9 Å². The van der Waals surface area contributed by atoms with Crippen LogP contribution < -0.4 is 5.73 Å². The molecule has 0 unspecified atom stereocenters. The highest BCUT2D eigenvalue weighted by Crippen LogP contribution is 2.27. The maximum atomic E-state index is 6.05. The summed E-state index contributed by atoms with van der Waals surface area (Å²) < 4.78 is 2.13. The van der Waals surface area contributed by atoms with Crippen LogP contribution in [0.5, 0.6) is 0 Å². The summed E-state index contributed by atoms with van der Waals surface area (Å²) >= 11 is 6.93. The third-order valence-corrected chi connectivity index (χ3v) is 3.25. The summed E-state index contributed by atoms with van der Waals surface area (Å²) in [5, 5.41) is 0. The van der Waals surface area contributed by atoms with E-state index in [1.54, 1.807) is 0 Å². The molecule has 76 valence electrons. The van der Waals surface area contributed by atoms with Crippen molar-refractivity contribution in [1.29, 1.82) is 0 Å². The van der Waals surface area contributed by atoms with E-state index in [9.17, 15) is 0 Å². The molecule has 0 aliphatic heterocycles. The minimum atomic E-state index is 0.0693. The number of hydrogen-bond acceptors (Lipinski definition) is 1. The Bertz CT molecular complexity index is 323. The second kappa shape index (κ2) is 5.69. The maximum absolute atomic E-state index is 6.05. The molecule has 1 rings (SSSR count). The maximum Gasteiger partial charge on any atom is 0.0309 e. The Morgan fingerprint density at radius 3 is 2.79 bits per heavy atom. The molecule has 0 amide bonds. The predicted octanol–water partition coefficient (Wildman–Crippen LogP) is 4.18. The molecule has 0 aliphatic rings. The van der Waals surface area contributed by atoms with Crippen LogP contribution in [-0.2, 0) is 0 Å². The molecule has 0 spiro atoms. The molecular formula is C11H13Br2N. The molecule has 0 radical (unpaired) electrons. The van der Waals surface area contributed by atoms with Gasteiger partial charge in [0.1, 0.15) is 0 Å². The van der Waals surface area contributed by atoms with Crippen LogP contribution in [0.25, 0.3) is 0 Å². The molecule has 0 fully saturated rings. The van der Waals surface area contributed by atoms with Crippen LogP contribution in [-0.4, -0.2) is 0 Å². The van der Waals surface area contributed by atoms with Crippen LogP contribution in [0, 0.1) is 0 Å². The van der Waals surface area contributed by atoms with Crippen LogP contribution in [0.1, 0.15) is 24.4 Å². The van der Waals surface area contributed by atoms with E-state index in [0.717, 1.165) is 27.4 Å². The van der Waals surface area contributed by atoms with Gasteiger partial charge in [-0.1, -0.05) is 37.9 Å². The Morgan fingerprint density at radius 2 is 2.14 bits per heavy atom. The summed E-state index contributed by atoms with van der Waals surface area (Å²) in [6.45, 7) is 3.69. The minimum Gasteiger partial charge on any atom is -0.324 e. The SMILES string of the molecule is C=CCC[C@H](N)c1cc(Br)ccc1Br. The summed E-state index contributed by atoms with van der Waals surface area (Å²) in [6, 6.07) is 6.12. The molecule has 14 heavy (non-hydrogen) atoms. The largest absolute Gasteiger partial charge is 0.324 e. The molecule has 0 saturated heterocycles. The van der Waals surface area contributed by atoms with Crippen LogP contribution in [0.3, 0.4) is 0 Å². The van der Waals surface area contributed by atoms with E-state index < -0.39 is 0 Å². The average Bonchev–Trinajstić information content (AvgIpc) is 2.18. The first-order valence-corrected chi connectivity index (χ1v) is 6.05. The van der Waals surface area contributed by atoms with Crippen LogP contribution >= 0.6 is 31.9 Å². The zero-order valence-corrected chi connectivity index (χ0v) is 11.0. The Balaban J connectivity index is 2.82. The first-order valence-electron chi connectivity index (χ1n) is 4.46. The lowest BCUT2D eigenvalue weighted by atomic mass is 10.0. The summed E-state index contributed by atoms with van der Waals surface area (Å²) in [7, 11) is 0. The van der Waals surface area contributed by atoms with Gasteiger partial charge < -0.3 is 5.73 Å². The molecule has 1 atom stereocenters. The molecule has 1 aromatic carbocycles. The zero-order chi connectivity index (χ0) is 10.6. The highest BCUT2D eigenvalue weighted by molar-refractivity contribution is 9.11. The Morgan fingerprint density at radius 1 is 1.43 bits per heavy atom. The van der Waals surface area contributed by atoms with Gasteiger partial charge >= 0.3 is 0 Å². The van der Waals surface area contributed by atoms with Crippen molar-refractivity contribution in [2.75, 3.05) is 0 Å². The van der Waals surface area contributed by atoms with Gasteiger partial charge in [0.2, 0.25) is 0 Å². The van der Waals surface area contributed by atoms with Crippen molar-refractivity contribution in [2.24, 2.45) is 5.73 Å². The summed E-state index contributed by atoms with van der Waals surface area (Å²) in [6.07, 6.45) is 3.77. The van der Waals surface area contributed by atoms with Crippen molar-refractivity contribution in [3.8, 4) is 0 Å². The fraction of sp³-hybridized carbons (Fsp3) is 0.273. The van der Waals surface area contributed by atoms with Gasteiger partial charge in [-0.15, -0.1) is 6.58 Å². The molecule has 0 saturated carbocycles. The summed E-state index contributed by atoms with van der Waals surface area (Å²) in [5.74, 6) is 0. The first-order chi connectivity index (χ1) is 6.65. The highest BCUT2D eigenvalue weighted by atomic mass is 79.9. The van der Waals surface area contributed by atoms with Crippen molar-refractivity contribution in [3.05, 3.63) is 45.4 Å². The fourth-order valence-electron chi connectivity index (χ4n) is 1.25. The fourth-order valence-corrected chi connectivity index (χ4v) is 2.17. The predicted molar refractivity (Wildman–Crippen MR) is 68.2 cm³/mol. The minimum absolute atomic E-state index is 0.0693. The van der Waals surface area contributed by atoms with Crippen LogP contribution in [0.15, 0.2) is 39.8 Å². The molecule has 0 heterocycles. The van der Waals surface area contributed by atoms with Gasteiger partial charge in [0, 0.05) is 15.0 Å². The number of allylic oxidation sites excluding steroid dienone is 1. The van der Waals surface area contributed by atoms with E-state index in [-0.39, 0.29) is 6.04 Å². The zero-order valence-electron chi connectivity index (χ0n) is 7.84. The number of benzene rings is 1. The molecular weight excluding hydrogens is 306 g/mol. The van der Waals surface area contributed by atoms with Crippen LogP contribution in [0.2, 0.25) is 0 Å². The second-order valence-electron chi connectivity index (χ2n) is 3.14. The molecule has 2 N–H and O–H groups in total. The number of hydrogen-bond donors (Lipinski definition) is 1.